The molecule has 1 aliphatic rings. The number of hydrogen-bond donors (Lipinski definition) is 0. The lowest BCUT2D eigenvalue weighted by atomic mass is 10.1. The van der Waals surface area contributed by atoms with Crippen LogP contribution in [0, 0.1) is 0 Å². The third-order valence-corrected chi connectivity index (χ3v) is 3.27. The van der Waals surface area contributed by atoms with Crippen molar-refractivity contribution in [3.8, 4) is 0 Å². The molecule has 0 aromatic heterocycles. The van der Waals surface area contributed by atoms with Gasteiger partial charge in [0.15, 0.2) is 0 Å². The first kappa shape index (κ1) is 12.6. The average Bonchev–Trinajstić information content (AvgIpc) is 2.27. The van der Waals surface area contributed by atoms with Gasteiger partial charge in [0, 0.05) is 19.5 Å². The highest BCUT2D eigenvalue weighted by Crippen LogP contribution is 2.11. The molecule has 0 saturated carbocycles. The van der Waals surface area contributed by atoms with Gasteiger partial charge in [0.1, 0.15) is 5.78 Å². The van der Waals surface area contributed by atoms with Crippen molar-refractivity contribution in [2.75, 3.05) is 13.1 Å². The normalized spacial score (nSPS) is 19.7. The maximum absolute atomic E-state index is 11.5. The molecule has 1 rings (SSSR count). The first-order chi connectivity index (χ1) is 7.24. The fourth-order valence-corrected chi connectivity index (χ4v) is 2.22. The van der Waals surface area contributed by atoms with Gasteiger partial charge in [-0.05, 0) is 19.3 Å². The molecule has 0 spiro atoms. The monoisotopic (exact) mass is 227 g/mol. The van der Waals surface area contributed by atoms with E-state index in [0.29, 0.717) is 12.2 Å². The van der Waals surface area contributed by atoms with Crippen LogP contribution in [-0.4, -0.2) is 28.8 Å². The summed E-state index contributed by atoms with van der Waals surface area (Å²) in [6, 6.07) is 0. The fraction of sp³-hybridized carbons (Fsp3) is 0.833. The number of ketones is 1. The standard InChI is InChI=1S/C12H21NOS/c1-2-3-8-13-9-6-4-5-7-11(14)10-12(13)15/h2-10H2,1H3. The second-order valence-corrected chi connectivity index (χ2v) is 4.73. The summed E-state index contributed by atoms with van der Waals surface area (Å²) in [5.41, 5.74) is 0. The van der Waals surface area contributed by atoms with Crippen LogP contribution in [0.4, 0.5) is 0 Å². The molecule has 3 heteroatoms. The molecule has 0 N–H and O–H groups in total. The quantitative estimate of drug-likeness (QED) is 0.691. The molecule has 0 amide bonds. The highest BCUT2D eigenvalue weighted by atomic mass is 32.1. The zero-order valence-corrected chi connectivity index (χ0v) is 10.4. The average molecular weight is 227 g/mol. The van der Waals surface area contributed by atoms with E-state index in [2.05, 4.69) is 11.8 Å². The number of carbonyl (C=O) groups excluding carboxylic acids is 1. The first-order valence-electron chi connectivity index (χ1n) is 6.03. The van der Waals surface area contributed by atoms with E-state index in [-0.39, 0.29) is 0 Å². The predicted octanol–water partition coefficient (Wildman–Crippen LogP) is 2.95. The lowest BCUT2D eigenvalue weighted by molar-refractivity contribution is -0.118. The summed E-state index contributed by atoms with van der Waals surface area (Å²) in [5, 5.41) is 0. The Morgan fingerprint density at radius 2 is 2.13 bits per heavy atom. The van der Waals surface area contributed by atoms with Crippen molar-refractivity contribution in [1.29, 1.82) is 0 Å². The molecular weight excluding hydrogens is 206 g/mol. The zero-order chi connectivity index (χ0) is 11.1. The van der Waals surface area contributed by atoms with Crippen molar-refractivity contribution in [2.45, 2.75) is 51.9 Å². The van der Waals surface area contributed by atoms with Gasteiger partial charge < -0.3 is 4.90 Å². The van der Waals surface area contributed by atoms with Gasteiger partial charge in [0.2, 0.25) is 0 Å². The molecule has 1 saturated heterocycles. The van der Waals surface area contributed by atoms with Gasteiger partial charge in [0.05, 0.1) is 11.4 Å². The minimum absolute atomic E-state index is 0.323. The van der Waals surface area contributed by atoms with Crippen LogP contribution in [0.15, 0.2) is 0 Å². The molecule has 0 radical (unpaired) electrons. The van der Waals surface area contributed by atoms with Crippen LogP contribution in [0.2, 0.25) is 0 Å². The van der Waals surface area contributed by atoms with E-state index in [1.165, 1.54) is 19.3 Å². The number of hydrogen-bond acceptors (Lipinski definition) is 2. The van der Waals surface area contributed by atoms with Crippen molar-refractivity contribution < 1.29 is 4.79 Å². The van der Waals surface area contributed by atoms with Gasteiger partial charge in [-0.25, -0.2) is 0 Å². The van der Waals surface area contributed by atoms with Crippen LogP contribution >= 0.6 is 12.2 Å². The second-order valence-electron chi connectivity index (χ2n) is 4.26. The largest absolute Gasteiger partial charge is 0.366 e. The van der Waals surface area contributed by atoms with Crippen molar-refractivity contribution in [1.82, 2.24) is 4.90 Å². The van der Waals surface area contributed by atoms with E-state index < -0.39 is 0 Å². The molecule has 0 aliphatic carbocycles. The third-order valence-electron chi connectivity index (χ3n) is 2.87. The van der Waals surface area contributed by atoms with Crippen LogP contribution in [0.1, 0.15) is 51.9 Å². The summed E-state index contributed by atoms with van der Waals surface area (Å²) in [7, 11) is 0. The van der Waals surface area contributed by atoms with Crippen molar-refractivity contribution >= 4 is 23.0 Å². The first-order valence-corrected chi connectivity index (χ1v) is 6.44. The number of Topliss-reactive ketones (excluding diaryl/α,β-unsaturated/α-hetero) is 1. The van der Waals surface area contributed by atoms with Gasteiger partial charge in [-0.3, -0.25) is 4.79 Å². The number of nitrogens with zero attached hydrogens (tertiary/aromatic N) is 1. The predicted molar refractivity (Wildman–Crippen MR) is 67.2 cm³/mol. The molecule has 0 bridgehead atoms. The number of thiocarbonyl (C=S) groups is 1. The van der Waals surface area contributed by atoms with E-state index in [1.807, 2.05) is 0 Å². The smallest absolute Gasteiger partial charge is 0.139 e. The topological polar surface area (TPSA) is 20.3 Å². The number of unbranched alkanes of at least 4 members (excludes halogenated alkanes) is 1. The van der Waals surface area contributed by atoms with Crippen LogP contribution in [-0.2, 0) is 4.79 Å². The van der Waals surface area contributed by atoms with E-state index in [9.17, 15) is 4.79 Å². The lowest BCUT2D eigenvalue weighted by Gasteiger charge is -2.24. The van der Waals surface area contributed by atoms with Gasteiger partial charge in [-0.2, -0.15) is 0 Å². The number of carbonyl (C=O) groups is 1. The highest BCUT2D eigenvalue weighted by Gasteiger charge is 2.14. The summed E-state index contributed by atoms with van der Waals surface area (Å²) in [6.45, 7) is 4.26. The minimum Gasteiger partial charge on any atom is -0.366 e. The highest BCUT2D eigenvalue weighted by molar-refractivity contribution is 7.80. The SMILES string of the molecule is CCCCN1CCCCCC(=O)CC1=S. The zero-order valence-electron chi connectivity index (χ0n) is 9.63. The molecule has 1 heterocycles. The second kappa shape index (κ2) is 6.94. The van der Waals surface area contributed by atoms with Crippen molar-refractivity contribution in [3.63, 3.8) is 0 Å². The fourth-order valence-electron chi connectivity index (χ4n) is 1.88. The lowest BCUT2D eigenvalue weighted by Crippen LogP contribution is -2.32. The Balaban J connectivity index is 2.49. The maximum atomic E-state index is 11.5. The maximum Gasteiger partial charge on any atom is 0.139 e. The summed E-state index contributed by atoms with van der Waals surface area (Å²) >= 11 is 5.33. The van der Waals surface area contributed by atoms with E-state index in [1.54, 1.807) is 0 Å². The van der Waals surface area contributed by atoms with E-state index in [4.69, 9.17) is 12.2 Å². The molecule has 0 aromatic rings. The molecule has 0 aromatic carbocycles. The van der Waals surface area contributed by atoms with Gasteiger partial charge in [-0.15, -0.1) is 0 Å². The summed E-state index contributed by atoms with van der Waals surface area (Å²) in [5.74, 6) is 0.323. The van der Waals surface area contributed by atoms with Crippen LogP contribution < -0.4 is 0 Å². The Kier molecular flexibility index (Phi) is 5.84. The van der Waals surface area contributed by atoms with Gasteiger partial charge in [-0.1, -0.05) is 32.0 Å². The van der Waals surface area contributed by atoms with E-state index >= 15 is 0 Å². The van der Waals surface area contributed by atoms with Crippen LogP contribution in [0.25, 0.3) is 0 Å². The summed E-state index contributed by atoms with van der Waals surface area (Å²) in [6.07, 6.45) is 6.97. The van der Waals surface area contributed by atoms with Gasteiger partial charge in [0.25, 0.3) is 0 Å². The summed E-state index contributed by atoms with van der Waals surface area (Å²) in [4.78, 5) is 14.6. The summed E-state index contributed by atoms with van der Waals surface area (Å²) < 4.78 is 0. The van der Waals surface area contributed by atoms with Crippen molar-refractivity contribution in [3.05, 3.63) is 0 Å². The molecule has 1 aliphatic heterocycles. The van der Waals surface area contributed by atoms with Crippen LogP contribution in [0.3, 0.4) is 0 Å². The molecular formula is C12H21NOS. The molecule has 1 fully saturated rings. The number of rotatable bonds is 3. The van der Waals surface area contributed by atoms with Crippen LogP contribution in [0.5, 0.6) is 0 Å². The minimum atomic E-state index is 0.323. The Bertz CT molecular complexity index is 228. The van der Waals surface area contributed by atoms with E-state index in [0.717, 1.165) is 37.3 Å². The van der Waals surface area contributed by atoms with Gasteiger partial charge >= 0.3 is 0 Å². The molecule has 86 valence electrons. The van der Waals surface area contributed by atoms with Crippen molar-refractivity contribution in [2.24, 2.45) is 0 Å². The Morgan fingerprint density at radius 1 is 1.33 bits per heavy atom. The molecule has 2 nitrogen and oxygen atoms in total. The molecule has 15 heavy (non-hydrogen) atoms. The molecule has 0 atom stereocenters. The Hall–Kier alpha value is -0.440. The Morgan fingerprint density at radius 3 is 2.87 bits per heavy atom. The third kappa shape index (κ3) is 4.74. The molecule has 0 unspecified atom stereocenters. The Labute approximate surface area is 98.0 Å².